The predicted octanol–water partition coefficient (Wildman–Crippen LogP) is 3.94. The highest BCUT2D eigenvalue weighted by Gasteiger charge is 2.16. The minimum absolute atomic E-state index is 0.0494. The molecule has 1 amide bonds. The van der Waals surface area contributed by atoms with Crippen molar-refractivity contribution >= 4 is 48.9 Å². The molecule has 5 nitrogen and oxygen atoms in total. The van der Waals surface area contributed by atoms with Gasteiger partial charge in [-0.3, -0.25) is 4.79 Å². The lowest BCUT2D eigenvalue weighted by molar-refractivity contribution is -0.116. The molecule has 0 saturated carbocycles. The largest absolute Gasteiger partial charge is 0.326 e. The molecule has 0 fully saturated rings. The Morgan fingerprint density at radius 2 is 1.83 bits per heavy atom. The summed E-state index contributed by atoms with van der Waals surface area (Å²) in [4.78, 5) is 11.9. The van der Waals surface area contributed by atoms with E-state index in [1.54, 1.807) is 6.07 Å². The van der Waals surface area contributed by atoms with E-state index in [4.69, 9.17) is 0 Å². The highest BCUT2D eigenvalue weighted by atomic mass is 79.9. The van der Waals surface area contributed by atoms with E-state index in [2.05, 4.69) is 39.8 Å². The number of hydrogen-bond acceptors (Lipinski definition) is 4. The summed E-state index contributed by atoms with van der Waals surface area (Å²) in [6.45, 7) is 4.26. The standard InChI is InChI=1S/C16H19BrN2O3S2/c1-11(2)12-3-5-13(6-4-12)19-15(20)9-10-18-24(21,22)16-8-7-14(17)23-16/h3-8,11,18H,9-10H2,1-2H3,(H,19,20). The Balaban J connectivity index is 1.83. The van der Waals surface area contributed by atoms with Crippen molar-refractivity contribution in [2.24, 2.45) is 0 Å². The first-order valence-electron chi connectivity index (χ1n) is 7.43. The fraction of sp³-hybridized carbons (Fsp3) is 0.312. The van der Waals surface area contributed by atoms with Gasteiger partial charge in [-0.15, -0.1) is 11.3 Å². The predicted molar refractivity (Wildman–Crippen MR) is 101 cm³/mol. The van der Waals surface area contributed by atoms with Gasteiger partial charge in [0.15, 0.2) is 0 Å². The number of halogens is 1. The Bertz CT molecular complexity index is 799. The minimum Gasteiger partial charge on any atom is -0.326 e. The van der Waals surface area contributed by atoms with Crippen LogP contribution in [0.1, 0.15) is 31.7 Å². The van der Waals surface area contributed by atoms with Gasteiger partial charge in [-0.2, -0.15) is 0 Å². The number of carbonyl (C=O) groups excluding carboxylic acids is 1. The molecule has 2 rings (SSSR count). The molecular weight excluding hydrogens is 412 g/mol. The zero-order valence-corrected chi connectivity index (χ0v) is 16.6. The molecule has 8 heteroatoms. The van der Waals surface area contributed by atoms with Crippen molar-refractivity contribution in [3.63, 3.8) is 0 Å². The number of anilines is 1. The second-order valence-corrected chi connectivity index (χ2v) is 9.99. The summed E-state index contributed by atoms with van der Waals surface area (Å²) in [6, 6.07) is 10.8. The summed E-state index contributed by atoms with van der Waals surface area (Å²) < 4.78 is 27.5. The van der Waals surface area contributed by atoms with E-state index in [9.17, 15) is 13.2 Å². The Hall–Kier alpha value is -1.22. The number of sulfonamides is 1. The number of benzene rings is 1. The summed E-state index contributed by atoms with van der Waals surface area (Å²) in [5, 5.41) is 2.76. The smallest absolute Gasteiger partial charge is 0.250 e. The highest BCUT2D eigenvalue weighted by Crippen LogP contribution is 2.25. The molecule has 130 valence electrons. The van der Waals surface area contributed by atoms with Crippen molar-refractivity contribution in [3.05, 3.63) is 45.7 Å². The molecule has 0 aliphatic carbocycles. The van der Waals surface area contributed by atoms with Gasteiger partial charge < -0.3 is 5.32 Å². The van der Waals surface area contributed by atoms with Crippen LogP contribution in [0.25, 0.3) is 0 Å². The highest BCUT2D eigenvalue weighted by molar-refractivity contribution is 9.11. The van der Waals surface area contributed by atoms with Crippen LogP contribution in [-0.4, -0.2) is 20.9 Å². The van der Waals surface area contributed by atoms with Crippen LogP contribution in [-0.2, 0) is 14.8 Å². The van der Waals surface area contributed by atoms with Gasteiger partial charge in [0.25, 0.3) is 0 Å². The van der Waals surface area contributed by atoms with Gasteiger partial charge in [-0.25, -0.2) is 13.1 Å². The van der Waals surface area contributed by atoms with E-state index in [1.165, 1.54) is 11.6 Å². The molecule has 0 aliphatic heterocycles. The molecule has 1 heterocycles. The van der Waals surface area contributed by atoms with Gasteiger partial charge in [-0.1, -0.05) is 26.0 Å². The molecule has 0 saturated heterocycles. The molecule has 0 atom stereocenters. The SMILES string of the molecule is CC(C)c1ccc(NC(=O)CCNS(=O)(=O)c2ccc(Br)s2)cc1. The Morgan fingerprint density at radius 3 is 2.38 bits per heavy atom. The van der Waals surface area contributed by atoms with Gasteiger partial charge in [-0.05, 0) is 51.7 Å². The van der Waals surface area contributed by atoms with Gasteiger partial charge >= 0.3 is 0 Å². The third-order valence-electron chi connectivity index (χ3n) is 3.32. The van der Waals surface area contributed by atoms with Crippen LogP contribution in [0.2, 0.25) is 0 Å². The summed E-state index contributed by atoms with van der Waals surface area (Å²) in [5.74, 6) is 0.198. The first-order valence-corrected chi connectivity index (χ1v) is 10.5. The van der Waals surface area contributed by atoms with E-state index >= 15 is 0 Å². The second-order valence-electron chi connectivity index (χ2n) is 5.53. The Labute approximate surface area is 154 Å². The van der Waals surface area contributed by atoms with Crippen molar-refractivity contribution < 1.29 is 13.2 Å². The maximum absolute atomic E-state index is 12.0. The molecule has 0 spiro atoms. The van der Waals surface area contributed by atoms with Gasteiger partial charge in [0, 0.05) is 18.7 Å². The van der Waals surface area contributed by atoms with Crippen LogP contribution in [0, 0.1) is 0 Å². The fourth-order valence-electron chi connectivity index (χ4n) is 1.99. The number of nitrogens with one attached hydrogen (secondary N) is 2. The van der Waals surface area contributed by atoms with Crippen molar-refractivity contribution in [3.8, 4) is 0 Å². The number of rotatable bonds is 7. The molecule has 24 heavy (non-hydrogen) atoms. The summed E-state index contributed by atoms with van der Waals surface area (Å²) >= 11 is 4.35. The first-order chi connectivity index (χ1) is 11.3. The average Bonchev–Trinajstić information content (AvgIpc) is 2.95. The maximum atomic E-state index is 12.0. The zero-order chi connectivity index (χ0) is 17.7. The van der Waals surface area contributed by atoms with Crippen molar-refractivity contribution in [1.82, 2.24) is 4.72 Å². The molecule has 2 N–H and O–H groups in total. The second kappa shape index (κ2) is 8.24. The topological polar surface area (TPSA) is 75.3 Å². The van der Waals surface area contributed by atoms with Gasteiger partial charge in [0.1, 0.15) is 4.21 Å². The zero-order valence-electron chi connectivity index (χ0n) is 13.4. The van der Waals surface area contributed by atoms with Crippen LogP contribution in [0.3, 0.4) is 0 Å². The molecule has 2 aromatic rings. The Morgan fingerprint density at radius 1 is 1.17 bits per heavy atom. The number of carbonyl (C=O) groups is 1. The van der Waals surface area contributed by atoms with Crippen LogP contribution in [0.5, 0.6) is 0 Å². The third kappa shape index (κ3) is 5.41. The molecule has 0 radical (unpaired) electrons. The van der Waals surface area contributed by atoms with Crippen LogP contribution >= 0.6 is 27.3 Å². The van der Waals surface area contributed by atoms with Crippen molar-refractivity contribution in [2.45, 2.75) is 30.4 Å². The first kappa shape index (κ1) is 19.1. The van der Waals surface area contributed by atoms with E-state index < -0.39 is 10.0 Å². The molecule has 1 aromatic heterocycles. The molecule has 0 aliphatic rings. The molecular formula is C16H19BrN2O3S2. The Kier molecular flexibility index (Phi) is 6.56. The number of hydrogen-bond donors (Lipinski definition) is 2. The summed E-state index contributed by atoms with van der Waals surface area (Å²) in [6.07, 6.45) is 0.0672. The van der Waals surface area contributed by atoms with Crippen LogP contribution in [0.4, 0.5) is 5.69 Å². The van der Waals surface area contributed by atoms with Crippen molar-refractivity contribution in [1.29, 1.82) is 0 Å². The van der Waals surface area contributed by atoms with Gasteiger partial charge in [0.2, 0.25) is 15.9 Å². The normalized spacial score (nSPS) is 11.7. The van der Waals surface area contributed by atoms with E-state index in [1.807, 2.05) is 24.3 Å². The summed E-state index contributed by atoms with van der Waals surface area (Å²) in [7, 11) is -3.56. The quantitative estimate of drug-likeness (QED) is 0.698. The summed E-state index contributed by atoms with van der Waals surface area (Å²) in [5.41, 5.74) is 1.90. The number of amides is 1. The lowest BCUT2D eigenvalue weighted by Gasteiger charge is -2.09. The van der Waals surface area contributed by atoms with E-state index in [0.29, 0.717) is 11.6 Å². The van der Waals surface area contributed by atoms with Crippen LogP contribution in [0.15, 0.2) is 44.4 Å². The van der Waals surface area contributed by atoms with Gasteiger partial charge in [0.05, 0.1) is 3.79 Å². The maximum Gasteiger partial charge on any atom is 0.250 e. The minimum atomic E-state index is -3.56. The molecule has 1 aromatic carbocycles. The lowest BCUT2D eigenvalue weighted by atomic mass is 10.0. The number of thiophene rings is 1. The average molecular weight is 431 g/mol. The molecule has 0 unspecified atom stereocenters. The van der Waals surface area contributed by atoms with E-state index in [-0.39, 0.29) is 23.1 Å². The monoisotopic (exact) mass is 430 g/mol. The fourth-order valence-corrected chi connectivity index (χ4v) is 5.07. The lowest BCUT2D eigenvalue weighted by Crippen LogP contribution is -2.27. The third-order valence-corrected chi connectivity index (χ3v) is 6.90. The van der Waals surface area contributed by atoms with E-state index in [0.717, 1.165) is 15.1 Å². The molecule has 0 bridgehead atoms. The van der Waals surface area contributed by atoms with Crippen molar-refractivity contribution in [2.75, 3.05) is 11.9 Å². The van der Waals surface area contributed by atoms with Crippen LogP contribution < -0.4 is 10.0 Å².